The normalized spacial score (nSPS) is 20.9. The van der Waals surface area contributed by atoms with Crippen LogP contribution in [0, 0.1) is 23.2 Å². The van der Waals surface area contributed by atoms with Gasteiger partial charge in [-0.2, -0.15) is 78.5 Å². The minimum Gasteiger partial charge on any atom is -0.464 e. The fourth-order valence-corrected chi connectivity index (χ4v) is 32.8. The number of rotatable bonds is 30. The fraction of sp³-hybridized carbons (Fsp3) is 0.412. The van der Waals surface area contributed by atoms with Gasteiger partial charge in [0.1, 0.15) is 12.1 Å². The molecular weight excluding hydrogens is 2170 g/mol. The number of halogens is 14. The Kier molecular flexibility index (Phi) is 38.1. The van der Waals surface area contributed by atoms with Crippen LogP contribution in [0.1, 0.15) is 95.0 Å². The van der Waals surface area contributed by atoms with Gasteiger partial charge in [0, 0.05) is 83.1 Å². The Labute approximate surface area is 858 Å². The SMILES string of the molecule is CS(=O)(=O)[N-]S(=O)(=O)C(F)(F)C(F)(F)C(F)(F)S(=O)(=O)N1CCN(C2CCOC2=O)CC1.CS(=O)(=O)[N-]S(=O)(=O)C(F)(F)C(F)(F)C(F)(F)S(=O)(=O)N1CCN(C2CCOC2=O)CC1.O=C(OCC12CC3CC(CC(C3)C1)C2)C(F)(F)S(=O)(=O)O.c1ccc([S+](c2ccccc2)c2ccc(C3CCCCC3)cc2)cc1.c1ccc([S+](c2ccccc2)c2ccccc2)cc1.c1ccc([S+](c2ccccc2)c2ccccc2)cc1. The Hall–Kier alpha value is -9.17. The molecule has 4 saturated heterocycles. The second-order valence-corrected chi connectivity index (χ2v) is 54.5. The van der Waals surface area contributed by atoms with E-state index < -0.39 is 191 Å². The summed E-state index contributed by atoms with van der Waals surface area (Å²) < 4.78 is 378. The number of carbonyl (C=O) groups excluding carboxylic acids is 3. The number of esters is 3. The second-order valence-electron chi connectivity index (χ2n) is 35.9. The number of nitrogens with zero attached hydrogens (tertiary/aromatic N) is 6. The van der Waals surface area contributed by atoms with Crippen molar-refractivity contribution in [3.63, 3.8) is 0 Å². The van der Waals surface area contributed by atoms with Gasteiger partial charge in [-0.25, -0.2) is 55.3 Å². The number of benzene rings is 9. The summed E-state index contributed by atoms with van der Waals surface area (Å²) in [7, 11) is -43.9. The van der Waals surface area contributed by atoms with Crippen molar-refractivity contribution in [3.8, 4) is 0 Å². The predicted octanol–water partition coefficient (Wildman–Crippen LogP) is 18.1. The average molecular weight is 2280 g/mol. The minimum atomic E-state index is -7.14. The van der Waals surface area contributed by atoms with Crippen LogP contribution < -0.4 is 0 Å². The van der Waals surface area contributed by atoms with Crippen molar-refractivity contribution in [2.75, 3.05) is 84.7 Å². The molecule has 0 radical (unpaired) electrons. The van der Waals surface area contributed by atoms with E-state index in [0.29, 0.717) is 17.8 Å². The zero-order valence-corrected chi connectivity index (χ0v) is 87.2. The number of alkyl halides is 14. The van der Waals surface area contributed by atoms with Crippen molar-refractivity contribution in [1.82, 2.24) is 18.4 Å². The summed E-state index contributed by atoms with van der Waals surface area (Å²) in [5.74, 6) is -15.3. The maximum Gasteiger partial charge on any atom is 0.465 e. The van der Waals surface area contributed by atoms with Crippen LogP contribution in [0.2, 0.25) is 0 Å². The zero-order valence-electron chi connectivity index (χ0n) is 79.0. The van der Waals surface area contributed by atoms with Crippen LogP contribution in [0.5, 0.6) is 0 Å². The van der Waals surface area contributed by atoms with Crippen molar-refractivity contribution >= 4 is 121 Å². The van der Waals surface area contributed by atoms with Crippen LogP contribution in [0.15, 0.2) is 311 Å². The quantitative estimate of drug-likeness (QED) is 0.0144. The van der Waals surface area contributed by atoms with Gasteiger partial charge in [-0.05, 0) is 190 Å². The molecule has 0 spiro atoms. The van der Waals surface area contributed by atoms with Crippen molar-refractivity contribution in [3.05, 3.63) is 281 Å². The molecule has 9 aromatic rings. The summed E-state index contributed by atoms with van der Waals surface area (Å²) in [6, 6.07) is 94.0. The largest absolute Gasteiger partial charge is 0.465 e. The molecule has 0 aromatic heterocycles. The van der Waals surface area contributed by atoms with Crippen molar-refractivity contribution < 1.29 is 154 Å². The van der Waals surface area contributed by atoms with Crippen LogP contribution in [0.3, 0.4) is 0 Å². The van der Waals surface area contributed by atoms with Crippen LogP contribution in [0.25, 0.3) is 8.25 Å². The van der Waals surface area contributed by atoms with Gasteiger partial charge in [0.15, 0.2) is 64.1 Å². The molecule has 806 valence electrons. The van der Waals surface area contributed by atoms with E-state index in [-0.39, 0.29) is 91.9 Å². The van der Waals surface area contributed by atoms with E-state index in [9.17, 15) is 135 Å². The molecule has 5 saturated carbocycles. The zero-order chi connectivity index (χ0) is 108. The third kappa shape index (κ3) is 27.2. The highest BCUT2D eigenvalue weighted by Crippen LogP contribution is 2.61. The van der Waals surface area contributed by atoms with E-state index in [1.165, 1.54) is 99.8 Å². The van der Waals surface area contributed by atoms with Crippen LogP contribution in [-0.4, -0.2) is 235 Å². The van der Waals surface area contributed by atoms with Gasteiger partial charge in [0.05, 0.1) is 72.6 Å². The van der Waals surface area contributed by atoms with E-state index >= 15 is 0 Å². The first-order valence-electron chi connectivity index (χ1n) is 46.0. The molecular formula is C97H105F14N6O21S10+. The number of hydrogen-bond donors (Lipinski definition) is 1. The summed E-state index contributed by atoms with van der Waals surface area (Å²) in [4.78, 5) is 49.4. The number of carbonyl (C=O) groups is 3. The molecule has 9 fully saturated rings. The second kappa shape index (κ2) is 48.0. The van der Waals surface area contributed by atoms with E-state index in [1.54, 1.807) is 0 Å². The Balaban J connectivity index is 0.000000159. The molecule has 4 heterocycles. The lowest BCUT2D eigenvalue weighted by Gasteiger charge is -2.56. The lowest BCUT2D eigenvalue weighted by Crippen LogP contribution is -2.64. The van der Waals surface area contributed by atoms with E-state index in [2.05, 4.69) is 272 Å². The summed E-state index contributed by atoms with van der Waals surface area (Å²) in [5, 5.41) is -32.1. The Morgan fingerprint density at radius 1 is 0.365 bits per heavy atom. The molecule has 4 bridgehead atoms. The molecule has 148 heavy (non-hydrogen) atoms. The Bertz CT molecular complexity index is 6300. The molecule has 9 aliphatic rings. The number of hydrogen-bond acceptors (Lipinski definition) is 22. The molecule has 9 aromatic carbocycles. The summed E-state index contributed by atoms with van der Waals surface area (Å²) in [6.07, 6.45) is 13.2. The average Bonchev–Trinajstić information content (AvgIpc) is 0.730. The molecule has 27 nitrogen and oxygen atoms in total. The van der Waals surface area contributed by atoms with Gasteiger partial charge in [0.25, 0.3) is 20.0 Å². The monoisotopic (exact) mass is 2280 g/mol. The fourth-order valence-electron chi connectivity index (χ4n) is 18.8. The molecule has 4 aliphatic heterocycles. The van der Waals surface area contributed by atoms with E-state index in [4.69, 9.17) is 14.0 Å². The van der Waals surface area contributed by atoms with Gasteiger partial charge >= 0.3 is 66.1 Å². The summed E-state index contributed by atoms with van der Waals surface area (Å²) >= 11 is 0. The first-order chi connectivity index (χ1) is 69.3. The summed E-state index contributed by atoms with van der Waals surface area (Å²) in [5.41, 5.74) is 1.26. The van der Waals surface area contributed by atoms with Gasteiger partial charge in [-0.3, -0.25) is 23.9 Å². The van der Waals surface area contributed by atoms with E-state index in [1.807, 2.05) is 0 Å². The topological polar surface area (TPSA) is 379 Å². The number of ether oxygens (including phenoxy) is 3. The van der Waals surface area contributed by atoms with Crippen molar-refractivity contribution in [2.24, 2.45) is 23.2 Å². The number of sulfonamides is 6. The van der Waals surface area contributed by atoms with Crippen LogP contribution in [-0.2, 0) is 132 Å². The Morgan fingerprint density at radius 3 is 0.845 bits per heavy atom. The first kappa shape index (κ1) is 117. The molecule has 51 heteroatoms. The number of piperazine rings is 2. The van der Waals surface area contributed by atoms with Crippen molar-refractivity contribution in [2.45, 2.75) is 184 Å². The van der Waals surface area contributed by atoms with Gasteiger partial charge in [-0.1, -0.05) is 177 Å². The van der Waals surface area contributed by atoms with E-state index in [0.717, 1.165) is 44.4 Å². The predicted molar refractivity (Wildman–Crippen MR) is 525 cm³/mol. The standard InChI is InChI=1S/C24H25S.2C18H15S.C13H18F2O5S.2C12H16F6N3O8S3/c1-4-10-20(11-5-1)21-16-18-24(19-17-21)25(22-12-6-2-7-13-22)23-14-8-3-9-15-23;2*1-4-10-16(11-5-1)19(17-12-6-2-7-13-17)18-14-8-3-9-15-18;14-13(15,21(17,18)19)11(16)20-7-12-4-8-1-9(5-12)3-10(2-8)6-12;2*1-30(23,24)19-31(25,26)11(15,16)10(13,14)12(17,18)32(27,28)21-5-3-20(4-6-21)8-2-7-29-9(8)22/h2-3,6-9,12-20H,1,4-5,10-11H2;2*1-15H;8-10H,1-7H2,(H,17,18,19);2*8H,2-7H2,1H3/q3*+1;;2*-1. The Morgan fingerprint density at radius 2 is 0.615 bits per heavy atom. The minimum absolute atomic E-state index is 0.0146. The van der Waals surface area contributed by atoms with Crippen molar-refractivity contribution in [1.29, 1.82) is 0 Å². The highest BCUT2D eigenvalue weighted by atomic mass is 32.3. The molecule has 2 atom stereocenters. The van der Waals surface area contributed by atoms with Gasteiger partial charge in [-0.15, -0.1) is 0 Å². The maximum atomic E-state index is 14.3. The van der Waals surface area contributed by atoms with Gasteiger partial charge < -0.3 is 22.5 Å². The third-order valence-corrected chi connectivity index (χ3v) is 42.4. The molecule has 5 aliphatic carbocycles. The molecule has 1 N–H and O–H groups in total. The lowest BCUT2D eigenvalue weighted by atomic mass is 9.50. The molecule has 0 amide bonds. The molecule has 18 rings (SSSR count). The maximum absolute atomic E-state index is 14.3. The highest BCUT2D eigenvalue weighted by Gasteiger charge is 2.83. The highest BCUT2D eigenvalue weighted by molar-refractivity contribution is 8.13. The molecule has 2 unspecified atom stereocenters. The van der Waals surface area contributed by atoms with Crippen LogP contribution >= 0.6 is 0 Å². The smallest absolute Gasteiger partial charge is 0.464 e. The summed E-state index contributed by atoms with van der Waals surface area (Å²) in [6.45, 7) is -5.40. The first-order valence-corrected chi connectivity index (χ1v) is 60.6. The lowest BCUT2D eigenvalue weighted by molar-refractivity contribution is -0.244. The third-order valence-electron chi connectivity index (χ3n) is 25.4. The van der Waals surface area contributed by atoms with Crippen LogP contribution in [0.4, 0.5) is 61.5 Å². The van der Waals surface area contributed by atoms with Gasteiger partial charge in [0.2, 0.25) is 0 Å². The number of cyclic esters (lactones) is 2.